The molecule has 0 aliphatic carbocycles. The van der Waals surface area contributed by atoms with E-state index < -0.39 is 0 Å². The van der Waals surface area contributed by atoms with E-state index >= 15 is 0 Å². The third-order valence-electron chi connectivity index (χ3n) is 2.44. The van der Waals surface area contributed by atoms with Crippen LogP contribution in [0.3, 0.4) is 0 Å². The van der Waals surface area contributed by atoms with Gasteiger partial charge in [0.1, 0.15) is 11.5 Å². The molecule has 0 aliphatic heterocycles. The highest BCUT2D eigenvalue weighted by Gasteiger charge is 2.11. The molecule has 0 fully saturated rings. The van der Waals surface area contributed by atoms with Gasteiger partial charge in [0.25, 0.3) is 0 Å². The second-order valence-corrected chi connectivity index (χ2v) is 4.58. The molecule has 0 aliphatic rings. The fraction of sp³-hybridized carbons (Fsp3) is 0.333. The van der Waals surface area contributed by atoms with E-state index in [1.807, 2.05) is 13.8 Å². The minimum Gasteiger partial charge on any atom is -0.480 e. The van der Waals surface area contributed by atoms with Crippen LogP contribution >= 0.6 is 15.9 Å². The predicted octanol–water partition coefficient (Wildman–Crippen LogP) is 2.44. The molecule has 1 N–H and O–H groups in total. The predicted molar refractivity (Wildman–Crippen MR) is 76.2 cm³/mol. The molecule has 7 heteroatoms. The second-order valence-electron chi connectivity index (χ2n) is 3.79. The first-order valence-electron chi connectivity index (χ1n) is 5.81. The quantitative estimate of drug-likeness (QED) is 0.931. The Bertz CT molecular complexity index is 573. The number of nitrogens with zero attached hydrogens (tertiary/aromatic N) is 4. The van der Waals surface area contributed by atoms with Crippen molar-refractivity contribution in [2.24, 2.45) is 0 Å². The van der Waals surface area contributed by atoms with Crippen molar-refractivity contribution in [1.29, 1.82) is 0 Å². The molecule has 0 saturated heterocycles. The number of ether oxygens (including phenoxy) is 1. The molecule has 0 unspecified atom stereocenters. The Morgan fingerprint density at radius 1 is 1.26 bits per heavy atom. The van der Waals surface area contributed by atoms with Gasteiger partial charge < -0.3 is 10.1 Å². The Labute approximate surface area is 119 Å². The minimum atomic E-state index is 0.462. The van der Waals surface area contributed by atoms with Crippen LogP contribution in [0.15, 0.2) is 16.6 Å². The van der Waals surface area contributed by atoms with Crippen molar-refractivity contribution >= 4 is 21.7 Å². The Hall–Kier alpha value is -1.76. The number of rotatable bonds is 4. The molecule has 2 aromatic rings. The van der Waals surface area contributed by atoms with Crippen LogP contribution < -0.4 is 10.1 Å². The first kappa shape index (κ1) is 13.7. The van der Waals surface area contributed by atoms with Gasteiger partial charge in [-0.1, -0.05) is 0 Å². The van der Waals surface area contributed by atoms with Gasteiger partial charge in [0.15, 0.2) is 5.82 Å². The number of aromatic nitrogens is 4. The van der Waals surface area contributed by atoms with Crippen LogP contribution in [-0.4, -0.2) is 33.8 Å². The third-order valence-corrected chi connectivity index (χ3v) is 3.39. The van der Waals surface area contributed by atoms with Crippen LogP contribution in [0.2, 0.25) is 0 Å². The summed E-state index contributed by atoms with van der Waals surface area (Å²) in [4.78, 5) is 8.84. The molecule has 0 atom stereocenters. The molecular formula is C12H14BrN5O. The molecule has 19 heavy (non-hydrogen) atoms. The Morgan fingerprint density at radius 3 is 2.63 bits per heavy atom. The molecule has 0 bridgehead atoms. The zero-order valence-corrected chi connectivity index (χ0v) is 12.5. The Morgan fingerprint density at radius 2 is 2.05 bits per heavy atom. The van der Waals surface area contributed by atoms with Gasteiger partial charge in [0.05, 0.1) is 17.3 Å². The summed E-state index contributed by atoms with van der Waals surface area (Å²) in [6, 6.07) is 3.51. The van der Waals surface area contributed by atoms with Crippen molar-refractivity contribution < 1.29 is 4.74 Å². The average Bonchev–Trinajstić information content (AvgIpc) is 2.44. The van der Waals surface area contributed by atoms with E-state index in [2.05, 4.69) is 41.4 Å². The third kappa shape index (κ3) is 2.98. The van der Waals surface area contributed by atoms with Gasteiger partial charge in [-0.2, -0.15) is 0 Å². The monoisotopic (exact) mass is 323 g/mol. The molecule has 0 saturated carbocycles. The van der Waals surface area contributed by atoms with Gasteiger partial charge in [-0.25, -0.2) is 9.97 Å². The summed E-state index contributed by atoms with van der Waals surface area (Å²) in [5.41, 5.74) is 1.45. The summed E-state index contributed by atoms with van der Waals surface area (Å²) in [7, 11) is 1.55. The fourth-order valence-electron chi connectivity index (χ4n) is 1.51. The number of methoxy groups -OCH3 is 1. The van der Waals surface area contributed by atoms with E-state index in [1.54, 1.807) is 19.2 Å². The van der Waals surface area contributed by atoms with Crippen molar-refractivity contribution in [2.45, 2.75) is 13.8 Å². The van der Waals surface area contributed by atoms with Crippen LogP contribution in [0, 0.1) is 6.92 Å². The SMILES string of the molecule is CCNc1nc(-c2ccc(OC)nn2)nc(C)c1Br. The van der Waals surface area contributed by atoms with Gasteiger partial charge in [-0.3, -0.25) is 0 Å². The molecular weight excluding hydrogens is 310 g/mol. The first-order chi connectivity index (χ1) is 9.15. The second kappa shape index (κ2) is 5.92. The van der Waals surface area contributed by atoms with Crippen molar-refractivity contribution in [1.82, 2.24) is 20.2 Å². The Balaban J connectivity index is 2.43. The molecule has 0 aromatic carbocycles. The first-order valence-corrected chi connectivity index (χ1v) is 6.61. The molecule has 100 valence electrons. The van der Waals surface area contributed by atoms with Gasteiger partial charge in [0.2, 0.25) is 5.88 Å². The highest BCUT2D eigenvalue weighted by molar-refractivity contribution is 9.10. The molecule has 0 radical (unpaired) electrons. The van der Waals surface area contributed by atoms with Crippen LogP contribution in [0.1, 0.15) is 12.6 Å². The lowest BCUT2D eigenvalue weighted by atomic mass is 10.3. The normalized spacial score (nSPS) is 10.3. The highest BCUT2D eigenvalue weighted by atomic mass is 79.9. The summed E-state index contributed by atoms with van der Waals surface area (Å²) >= 11 is 3.47. The lowest BCUT2D eigenvalue weighted by Crippen LogP contribution is -2.05. The maximum Gasteiger partial charge on any atom is 0.233 e. The number of anilines is 1. The van der Waals surface area contributed by atoms with Crippen molar-refractivity contribution in [2.75, 3.05) is 19.0 Å². The molecule has 2 heterocycles. The number of hydrogen-bond donors (Lipinski definition) is 1. The zero-order valence-electron chi connectivity index (χ0n) is 10.9. The van der Waals surface area contributed by atoms with Crippen LogP contribution in [0.4, 0.5) is 5.82 Å². The summed E-state index contributed by atoms with van der Waals surface area (Å²) in [6.45, 7) is 4.70. The van der Waals surface area contributed by atoms with Gasteiger partial charge in [-0.15, -0.1) is 10.2 Å². The Kier molecular flexibility index (Phi) is 4.26. The van der Waals surface area contributed by atoms with Gasteiger partial charge in [-0.05, 0) is 35.8 Å². The fourth-order valence-corrected chi connectivity index (χ4v) is 1.82. The van der Waals surface area contributed by atoms with E-state index in [0.717, 1.165) is 22.5 Å². The van der Waals surface area contributed by atoms with E-state index in [0.29, 0.717) is 17.4 Å². The summed E-state index contributed by atoms with van der Waals surface area (Å²) in [6.07, 6.45) is 0. The number of hydrogen-bond acceptors (Lipinski definition) is 6. The number of halogens is 1. The topological polar surface area (TPSA) is 72.8 Å². The van der Waals surface area contributed by atoms with Gasteiger partial charge >= 0.3 is 0 Å². The van der Waals surface area contributed by atoms with Crippen molar-refractivity contribution in [3.05, 3.63) is 22.3 Å². The van der Waals surface area contributed by atoms with Gasteiger partial charge in [0, 0.05) is 12.6 Å². The number of nitrogens with one attached hydrogen (secondary N) is 1. The molecule has 6 nitrogen and oxygen atoms in total. The van der Waals surface area contributed by atoms with Crippen LogP contribution in [-0.2, 0) is 0 Å². The maximum atomic E-state index is 4.98. The molecule has 0 spiro atoms. The molecule has 2 aromatic heterocycles. The van der Waals surface area contributed by atoms with E-state index in [9.17, 15) is 0 Å². The van der Waals surface area contributed by atoms with E-state index in [-0.39, 0.29) is 0 Å². The zero-order chi connectivity index (χ0) is 13.8. The standard InChI is InChI=1S/C12H14BrN5O/c1-4-14-12-10(13)7(2)15-11(16-12)8-5-6-9(19-3)18-17-8/h5-6H,4H2,1-3H3,(H,14,15,16). The summed E-state index contributed by atoms with van der Waals surface area (Å²) < 4.78 is 5.84. The van der Waals surface area contributed by atoms with Crippen LogP contribution in [0.5, 0.6) is 5.88 Å². The smallest absolute Gasteiger partial charge is 0.233 e. The van der Waals surface area contributed by atoms with Crippen molar-refractivity contribution in [3.63, 3.8) is 0 Å². The minimum absolute atomic E-state index is 0.462. The number of aryl methyl sites for hydroxylation is 1. The average molecular weight is 324 g/mol. The van der Waals surface area contributed by atoms with E-state index in [4.69, 9.17) is 4.74 Å². The molecule has 0 amide bonds. The lowest BCUT2D eigenvalue weighted by Gasteiger charge is -2.09. The molecule has 2 rings (SSSR count). The van der Waals surface area contributed by atoms with Crippen LogP contribution in [0.25, 0.3) is 11.5 Å². The van der Waals surface area contributed by atoms with E-state index in [1.165, 1.54) is 0 Å². The highest BCUT2D eigenvalue weighted by Crippen LogP contribution is 2.25. The largest absolute Gasteiger partial charge is 0.480 e. The van der Waals surface area contributed by atoms with Crippen molar-refractivity contribution in [3.8, 4) is 17.4 Å². The lowest BCUT2D eigenvalue weighted by molar-refractivity contribution is 0.392. The maximum absolute atomic E-state index is 4.98. The summed E-state index contributed by atoms with van der Waals surface area (Å²) in [5, 5.41) is 11.1. The summed E-state index contributed by atoms with van der Waals surface area (Å²) in [5.74, 6) is 1.75.